The van der Waals surface area contributed by atoms with E-state index in [2.05, 4.69) is 4.90 Å². The molecule has 0 amide bonds. The first-order valence-electron chi connectivity index (χ1n) is 7.15. The van der Waals surface area contributed by atoms with E-state index >= 15 is 0 Å². The number of methoxy groups -OCH3 is 1. The molecule has 0 spiro atoms. The summed E-state index contributed by atoms with van der Waals surface area (Å²) >= 11 is 0. The van der Waals surface area contributed by atoms with Gasteiger partial charge in [-0.15, -0.1) is 0 Å². The molecule has 21 heavy (non-hydrogen) atoms. The van der Waals surface area contributed by atoms with Gasteiger partial charge in [-0.2, -0.15) is 0 Å². The summed E-state index contributed by atoms with van der Waals surface area (Å²) in [7, 11) is 1.44. The molecule has 1 saturated heterocycles. The number of ketones is 1. The van der Waals surface area contributed by atoms with Gasteiger partial charge in [0.25, 0.3) is 0 Å². The van der Waals surface area contributed by atoms with E-state index in [0.717, 1.165) is 13.1 Å². The van der Waals surface area contributed by atoms with Gasteiger partial charge in [0.15, 0.2) is 5.78 Å². The molecule has 0 atom stereocenters. The lowest BCUT2D eigenvalue weighted by molar-refractivity contribution is -0.0855. The van der Waals surface area contributed by atoms with Crippen LogP contribution in [-0.4, -0.2) is 49.6 Å². The number of carbonyl (C=O) groups is 1. The van der Waals surface area contributed by atoms with Crippen LogP contribution in [0, 0.1) is 5.82 Å². The molecule has 0 radical (unpaired) electrons. The van der Waals surface area contributed by atoms with E-state index in [4.69, 9.17) is 9.47 Å². The minimum absolute atomic E-state index is 0.0486. The lowest BCUT2D eigenvalue weighted by atomic mass is 10.0. The van der Waals surface area contributed by atoms with Gasteiger partial charge in [0.1, 0.15) is 11.6 Å². The first-order chi connectivity index (χ1) is 9.93. The van der Waals surface area contributed by atoms with Crippen molar-refractivity contribution in [1.82, 2.24) is 4.90 Å². The molecule has 116 valence electrons. The van der Waals surface area contributed by atoms with Crippen molar-refractivity contribution in [2.75, 3.05) is 33.4 Å². The number of halogens is 1. The normalized spacial score (nSPS) is 18.5. The van der Waals surface area contributed by atoms with Crippen LogP contribution in [0.15, 0.2) is 18.2 Å². The number of Topliss-reactive ketones (excluding diaryl/α,β-unsaturated/α-hetero) is 1. The molecule has 1 aromatic carbocycles. The number of ether oxygens (including phenoxy) is 2. The summed E-state index contributed by atoms with van der Waals surface area (Å²) in [5.41, 5.74) is -0.149. The molecule has 4 nitrogen and oxygen atoms in total. The van der Waals surface area contributed by atoms with Crippen LogP contribution in [-0.2, 0) is 4.74 Å². The van der Waals surface area contributed by atoms with Gasteiger partial charge in [0, 0.05) is 26.1 Å². The van der Waals surface area contributed by atoms with Crippen molar-refractivity contribution in [3.8, 4) is 5.75 Å². The lowest BCUT2D eigenvalue weighted by Crippen LogP contribution is -2.48. The zero-order valence-electron chi connectivity index (χ0n) is 12.8. The SMILES string of the molecule is COc1cccc(F)c1C(=O)CCN1CCOC(C)(C)C1. The van der Waals surface area contributed by atoms with Crippen molar-refractivity contribution < 1.29 is 18.7 Å². The lowest BCUT2D eigenvalue weighted by Gasteiger charge is -2.38. The summed E-state index contributed by atoms with van der Waals surface area (Å²) in [4.78, 5) is 14.4. The molecule has 0 bridgehead atoms. The Balaban J connectivity index is 1.99. The Morgan fingerprint density at radius 3 is 2.90 bits per heavy atom. The quantitative estimate of drug-likeness (QED) is 0.783. The molecule has 0 aliphatic carbocycles. The molecule has 5 heteroatoms. The molecule has 0 unspecified atom stereocenters. The summed E-state index contributed by atoms with van der Waals surface area (Å²) in [5.74, 6) is -0.460. The smallest absolute Gasteiger partial charge is 0.170 e. The van der Waals surface area contributed by atoms with Crippen molar-refractivity contribution in [2.45, 2.75) is 25.9 Å². The van der Waals surface area contributed by atoms with Crippen LogP contribution < -0.4 is 4.74 Å². The van der Waals surface area contributed by atoms with Gasteiger partial charge in [-0.05, 0) is 26.0 Å². The second-order valence-electron chi connectivity index (χ2n) is 5.87. The van der Waals surface area contributed by atoms with Gasteiger partial charge in [-0.3, -0.25) is 9.69 Å². The van der Waals surface area contributed by atoms with Crippen LogP contribution >= 0.6 is 0 Å². The van der Waals surface area contributed by atoms with E-state index in [-0.39, 0.29) is 23.4 Å². The number of nitrogens with zero attached hydrogens (tertiary/aromatic N) is 1. The summed E-state index contributed by atoms with van der Waals surface area (Å²) in [6, 6.07) is 4.43. The van der Waals surface area contributed by atoms with Crippen molar-refractivity contribution in [3.63, 3.8) is 0 Å². The van der Waals surface area contributed by atoms with Gasteiger partial charge < -0.3 is 9.47 Å². The second kappa shape index (κ2) is 6.54. The molecular formula is C16H22FNO3. The average Bonchev–Trinajstić information content (AvgIpc) is 2.43. The van der Waals surface area contributed by atoms with Crippen molar-refractivity contribution >= 4 is 5.78 Å². The van der Waals surface area contributed by atoms with E-state index in [9.17, 15) is 9.18 Å². The van der Waals surface area contributed by atoms with Crippen LogP contribution in [0.1, 0.15) is 30.6 Å². The topological polar surface area (TPSA) is 38.8 Å². The Bertz CT molecular complexity index is 516. The molecule has 1 heterocycles. The van der Waals surface area contributed by atoms with Crippen LogP contribution in [0.3, 0.4) is 0 Å². The Morgan fingerprint density at radius 2 is 2.24 bits per heavy atom. The average molecular weight is 295 g/mol. The van der Waals surface area contributed by atoms with E-state index in [1.807, 2.05) is 13.8 Å². The summed E-state index contributed by atoms with van der Waals surface area (Å²) in [6.07, 6.45) is 0.271. The molecule has 1 fully saturated rings. The minimum atomic E-state index is -0.526. The highest BCUT2D eigenvalue weighted by atomic mass is 19.1. The third kappa shape index (κ3) is 4.02. The number of benzene rings is 1. The fourth-order valence-corrected chi connectivity index (χ4v) is 2.63. The number of hydrogen-bond acceptors (Lipinski definition) is 4. The largest absolute Gasteiger partial charge is 0.496 e. The monoisotopic (exact) mass is 295 g/mol. The zero-order valence-corrected chi connectivity index (χ0v) is 12.8. The van der Waals surface area contributed by atoms with Crippen LogP contribution in [0.4, 0.5) is 4.39 Å². The van der Waals surface area contributed by atoms with Gasteiger partial charge >= 0.3 is 0 Å². The molecule has 1 aliphatic heterocycles. The van der Waals surface area contributed by atoms with Gasteiger partial charge in [0.2, 0.25) is 0 Å². The fraction of sp³-hybridized carbons (Fsp3) is 0.562. The number of morpholine rings is 1. The minimum Gasteiger partial charge on any atom is -0.496 e. The highest BCUT2D eigenvalue weighted by Crippen LogP contribution is 2.23. The third-order valence-electron chi connectivity index (χ3n) is 3.63. The molecular weight excluding hydrogens is 273 g/mol. The van der Waals surface area contributed by atoms with E-state index in [1.165, 1.54) is 19.2 Å². The molecule has 0 aromatic heterocycles. The van der Waals surface area contributed by atoms with E-state index in [0.29, 0.717) is 18.9 Å². The number of rotatable bonds is 5. The standard InChI is InChI=1S/C16H22FNO3/c1-16(2)11-18(9-10-21-16)8-7-13(19)15-12(17)5-4-6-14(15)20-3/h4-6H,7-11H2,1-3H3. The Morgan fingerprint density at radius 1 is 1.48 bits per heavy atom. The summed E-state index contributed by atoms with van der Waals surface area (Å²) in [5, 5.41) is 0. The Labute approximate surface area is 124 Å². The molecule has 1 aliphatic rings. The van der Waals surface area contributed by atoms with Gasteiger partial charge in [-0.1, -0.05) is 6.07 Å². The van der Waals surface area contributed by atoms with Gasteiger partial charge in [-0.25, -0.2) is 4.39 Å². The second-order valence-corrected chi connectivity index (χ2v) is 5.87. The highest BCUT2D eigenvalue weighted by molar-refractivity contribution is 5.99. The van der Waals surface area contributed by atoms with E-state index < -0.39 is 5.82 Å². The third-order valence-corrected chi connectivity index (χ3v) is 3.63. The van der Waals surface area contributed by atoms with Crippen LogP contribution in [0.2, 0.25) is 0 Å². The van der Waals surface area contributed by atoms with Crippen molar-refractivity contribution in [3.05, 3.63) is 29.6 Å². The van der Waals surface area contributed by atoms with Gasteiger partial charge in [0.05, 0.1) is 24.9 Å². The number of carbonyl (C=O) groups excluding carboxylic acids is 1. The molecule has 2 rings (SSSR count). The predicted octanol–water partition coefficient (Wildman–Crippen LogP) is 2.52. The first kappa shape index (κ1) is 15.9. The zero-order chi connectivity index (χ0) is 15.5. The van der Waals surface area contributed by atoms with Crippen LogP contribution in [0.5, 0.6) is 5.75 Å². The first-order valence-corrected chi connectivity index (χ1v) is 7.15. The predicted molar refractivity (Wildman–Crippen MR) is 78.4 cm³/mol. The number of hydrogen-bond donors (Lipinski definition) is 0. The van der Waals surface area contributed by atoms with Crippen molar-refractivity contribution in [1.29, 1.82) is 0 Å². The van der Waals surface area contributed by atoms with Crippen LogP contribution in [0.25, 0.3) is 0 Å². The Kier molecular flexibility index (Phi) is 4.96. The maximum absolute atomic E-state index is 13.8. The molecule has 1 aromatic rings. The maximum Gasteiger partial charge on any atom is 0.170 e. The molecule has 0 N–H and O–H groups in total. The highest BCUT2D eigenvalue weighted by Gasteiger charge is 2.27. The Hall–Kier alpha value is -1.46. The van der Waals surface area contributed by atoms with Crippen molar-refractivity contribution in [2.24, 2.45) is 0 Å². The summed E-state index contributed by atoms with van der Waals surface area (Å²) < 4.78 is 24.6. The summed E-state index contributed by atoms with van der Waals surface area (Å²) in [6.45, 7) is 6.88. The fourth-order valence-electron chi connectivity index (χ4n) is 2.63. The van der Waals surface area contributed by atoms with E-state index in [1.54, 1.807) is 6.07 Å². The molecule has 0 saturated carbocycles. The maximum atomic E-state index is 13.8.